The molecule has 1 aromatic carbocycles. The zero-order valence-corrected chi connectivity index (χ0v) is 26.4. The number of hydrogen-bond donors (Lipinski definition) is 4. The van der Waals surface area contributed by atoms with Gasteiger partial charge in [0.15, 0.2) is 0 Å². The van der Waals surface area contributed by atoms with Gasteiger partial charge < -0.3 is 39.5 Å². The minimum absolute atomic E-state index is 0.00675. The van der Waals surface area contributed by atoms with Crippen molar-refractivity contribution in [2.75, 3.05) is 49.2 Å². The lowest BCUT2D eigenvalue weighted by atomic mass is 9.83. The third-order valence-corrected chi connectivity index (χ3v) is 8.74. The fraction of sp³-hybridized carbons (Fsp3) is 0.419. The second kappa shape index (κ2) is 13.5. The van der Waals surface area contributed by atoms with Crippen LogP contribution in [0.1, 0.15) is 82.9 Å². The Bertz CT molecular complexity index is 1620. The molecule has 4 heterocycles. The van der Waals surface area contributed by atoms with Crippen molar-refractivity contribution in [3.8, 4) is 11.5 Å². The first-order valence-corrected chi connectivity index (χ1v) is 15.6. The van der Waals surface area contributed by atoms with Gasteiger partial charge in [0.1, 0.15) is 34.3 Å². The maximum atomic E-state index is 14.0. The van der Waals surface area contributed by atoms with Crippen LogP contribution in [0.5, 0.6) is 11.5 Å². The molecule has 3 aromatic rings. The number of hydrogen-bond acceptors (Lipinski definition) is 10. The molecule has 45 heavy (non-hydrogen) atoms. The number of nitrogens with zero attached hydrogens (tertiary/aromatic N) is 2. The molecule has 12 nitrogen and oxygen atoms in total. The molecule has 14 heteroatoms. The minimum atomic E-state index is -1.65. The Morgan fingerprint density at radius 2 is 1.13 bits per heavy atom. The van der Waals surface area contributed by atoms with Crippen molar-refractivity contribution in [3.05, 3.63) is 76.8 Å². The highest BCUT2D eigenvalue weighted by Gasteiger charge is 2.39. The number of halogens is 2. The first-order valence-electron chi connectivity index (χ1n) is 14.9. The van der Waals surface area contributed by atoms with Crippen molar-refractivity contribution in [1.82, 2.24) is 9.97 Å². The van der Waals surface area contributed by atoms with E-state index in [4.69, 9.17) is 32.7 Å². The molecule has 0 bridgehead atoms. The Labute approximate surface area is 268 Å². The van der Waals surface area contributed by atoms with E-state index in [0.717, 1.165) is 25.7 Å². The van der Waals surface area contributed by atoms with Crippen LogP contribution >= 0.6 is 23.2 Å². The number of carbonyl (C=O) groups excluding carboxylic acids is 2. The van der Waals surface area contributed by atoms with Gasteiger partial charge in [-0.25, -0.2) is 9.59 Å². The number of nitrogens with one attached hydrogen (secondary N) is 2. The Morgan fingerprint density at radius 3 is 1.49 bits per heavy atom. The van der Waals surface area contributed by atoms with E-state index in [1.165, 1.54) is 12.1 Å². The number of aromatic hydroxyl groups is 2. The molecule has 0 unspecified atom stereocenters. The lowest BCUT2D eigenvalue weighted by Gasteiger charge is -2.27. The Kier molecular flexibility index (Phi) is 9.64. The Morgan fingerprint density at radius 1 is 0.756 bits per heavy atom. The first-order chi connectivity index (χ1) is 21.6. The molecule has 2 aliphatic heterocycles. The van der Waals surface area contributed by atoms with E-state index in [2.05, 4.69) is 9.97 Å². The van der Waals surface area contributed by atoms with Gasteiger partial charge in [0.2, 0.25) is 0 Å². The van der Waals surface area contributed by atoms with Crippen LogP contribution in [0, 0.1) is 0 Å². The van der Waals surface area contributed by atoms with Gasteiger partial charge in [0, 0.05) is 41.8 Å². The summed E-state index contributed by atoms with van der Waals surface area (Å²) >= 11 is 13.3. The maximum absolute atomic E-state index is 14.0. The number of aromatic amines is 2. The smallest absolute Gasteiger partial charge is 0.345 e. The van der Waals surface area contributed by atoms with E-state index in [1.807, 2.05) is 0 Å². The monoisotopic (exact) mass is 660 g/mol. The van der Waals surface area contributed by atoms with Gasteiger partial charge >= 0.3 is 11.9 Å². The Balaban J connectivity index is 1.88. The first kappa shape index (κ1) is 32.2. The zero-order chi connectivity index (χ0) is 32.4. The second-order valence-corrected chi connectivity index (χ2v) is 11.6. The summed E-state index contributed by atoms with van der Waals surface area (Å²) in [4.78, 5) is 63.6. The number of rotatable bonds is 9. The fourth-order valence-corrected chi connectivity index (χ4v) is 6.70. The van der Waals surface area contributed by atoms with Gasteiger partial charge in [-0.3, -0.25) is 9.59 Å². The quantitative estimate of drug-likeness (QED) is 0.240. The summed E-state index contributed by atoms with van der Waals surface area (Å²) in [6, 6.07) is 4.46. The van der Waals surface area contributed by atoms with Crippen LogP contribution in [0.15, 0.2) is 27.8 Å². The molecule has 2 aromatic heterocycles. The van der Waals surface area contributed by atoms with Crippen molar-refractivity contribution < 1.29 is 29.3 Å². The Hall–Kier alpha value is -4.16. The number of carbonyl (C=O) groups is 2. The zero-order valence-electron chi connectivity index (χ0n) is 24.9. The van der Waals surface area contributed by atoms with Gasteiger partial charge in [-0.15, -0.1) is 0 Å². The predicted octanol–water partition coefficient (Wildman–Crippen LogP) is 4.52. The number of anilines is 2. The molecule has 2 aliphatic rings. The van der Waals surface area contributed by atoms with Crippen molar-refractivity contribution in [3.63, 3.8) is 0 Å². The third kappa shape index (κ3) is 5.96. The number of esters is 2. The lowest BCUT2D eigenvalue weighted by Crippen LogP contribution is -2.32. The van der Waals surface area contributed by atoms with Crippen molar-refractivity contribution in [1.29, 1.82) is 0 Å². The number of pyridine rings is 2. The summed E-state index contributed by atoms with van der Waals surface area (Å²) in [6.45, 7) is 5.22. The van der Waals surface area contributed by atoms with Crippen LogP contribution in [0.4, 0.5) is 11.6 Å². The van der Waals surface area contributed by atoms with E-state index >= 15 is 0 Å². The maximum Gasteiger partial charge on any atom is 0.345 e. The van der Waals surface area contributed by atoms with Crippen molar-refractivity contribution >= 4 is 46.8 Å². The standard InChI is InChI=1S/C31H34Cl2N4O8/c1-3-44-30(42)22-24(38)20(28(40)34-26(22)36-12-5-6-13-36)19(18-16(32)10-9-11-17(18)33)21-25(39)23(31(43)45-4-2)27(35-29(21)41)37-14-7-8-15-37/h9-11,19H,3-8,12-15H2,1-2H3,(H2,34,38,40)(H2,35,39,41). The summed E-state index contributed by atoms with van der Waals surface area (Å²) in [5, 5.41) is 23.6. The minimum Gasteiger partial charge on any atom is -0.506 e. The molecular formula is C31H34Cl2N4O8. The predicted molar refractivity (Wildman–Crippen MR) is 170 cm³/mol. The summed E-state index contributed by atoms with van der Waals surface area (Å²) < 4.78 is 10.5. The molecule has 0 saturated carbocycles. The highest BCUT2D eigenvalue weighted by molar-refractivity contribution is 6.36. The highest BCUT2D eigenvalue weighted by atomic mass is 35.5. The van der Waals surface area contributed by atoms with Crippen LogP contribution in [0.2, 0.25) is 10.0 Å². The molecule has 5 rings (SSSR count). The van der Waals surface area contributed by atoms with E-state index in [9.17, 15) is 29.4 Å². The largest absolute Gasteiger partial charge is 0.506 e. The molecule has 2 saturated heterocycles. The number of benzene rings is 1. The molecule has 0 spiro atoms. The van der Waals surface area contributed by atoms with Gasteiger partial charge in [-0.1, -0.05) is 29.3 Å². The van der Waals surface area contributed by atoms with E-state index in [0.29, 0.717) is 26.2 Å². The van der Waals surface area contributed by atoms with Crippen LogP contribution in [-0.2, 0) is 9.47 Å². The number of ether oxygens (including phenoxy) is 2. The molecule has 0 radical (unpaired) electrons. The van der Waals surface area contributed by atoms with Gasteiger partial charge in [-0.2, -0.15) is 0 Å². The van der Waals surface area contributed by atoms with E-state index in [1.54, 1.807) is 29.7 Å². The van der Waals surface area contributed by atoms with Crippen LogP contribution in [0.25, 0.3) is 0 Å². The molecule has 2 fully saturated rings. The van der Waals surface area contributed by atoms with Gasteiger partial charge in [-0.05, 0) is 51.7 Å². The third-order valence-electron chi connectivity index (χ3n) is 8.08. The van der Waals surface area contributed by atoms with Gasteiger partial charge in [0.25, 0.3) is 11.1 Å². The van der Waals surface area contributed by atoms with Crippen LogP contribution in [-0.4, -0.2) is 71.5 Å². The van der Waals surface area contributed by atoms with Crippen LogP contribution in [0.3, 0.4) is 0 Å². The molecule has 0 aliphatic carbocycles. The SMILES string of the molecule is CCOC(=O)c1c(N2CCCC2)[nH]c(=O)c(C(c2c(Cl)cccc2Cl)c2c(O)c(C(=O)OCC)c(N3CCCC3)[nH]c2=O)c1O. The van der Waals surface area contributed by atoms with Crippen LogP contribution < -0.4 is 20.9 Å². The van der Waals surface area contributed by atoms with Crippen molar-refractivity contribution in [2.24, 2.45) is 0 Å². The van der Waals surface area contributed by atoms with E-state index < -0.39 is 51.6 Å². The molecular weight excluding hydrogens is 627 g/mol. The fourth-order valence-electron chi connectivity index (χ4n) is 6.09. The summed E-state index contributed by atoms with van der Waals surface area (Å²) in [6.07, 6.45) is 3.20. The average molecular weight is 662 g/mol. The summed E-state index contributed by atoms with van der Waals surface area (Å²) in [7, 11) is 0. The average Bonchev–Trinajstić information content (AvgIpc) is 3.72. The molecule has 240 valence electrons. The molecule has 4 N–H and O–H groups in total. The lowest BCUT2D eigenvalue weighted by molar-refractivity contribution is 0.0513. The van der Waals surface area contributed by atoms with Gasteiger partial charge in [0.05, 0.1) is 30.3 Å². The summed E-state index contributed by atoms with van der Waals surface area (Å²) in [5.74, 6) is -4.89. The topological polar surface area (TPSA) is 165 Å². The number of H-pyrrole nitrogens is 2. The highest BCUT2D eigenvalue weighted by Crippen LogP contribution is 2.46. The normalized spacial score (nSPS) is 14.8. The summed E-state index contributed by atoms with van der Waals surface area (Å²) in [5.41, 5.74) is -3.41. The van der Waals surface area contributed by atoms with Crippen molar-refractivity contribution in [2.45, 2.75) is 45.4 Å². The number of aromatic nitrogens is 2. The second-order valence-electron chi connectivity index (χ2n) is 10.8. The molecule has 0 amide bonds. The molecule has 0 atom stereocenters. The van der Waals surface area contributed by atoms with E-state index in [-0.39, 0.29) is 51.6 Å².